The van der Waals surface area contributed by atoms with E-state index in [-0.39, 0.29) is 25.9 Å². The Labute approximate surface area is 89.3 Å². The first kappa shape index (κ1) is 12.5. The molecular weight excluding hydrogens is 227 g/mol. The topological polar surface area (TPSA) is 57.6 Å². The molecule has 1 rings (SSSR count). The SMILES string of the molecule is O=C(O)C=C1CCN(C(=O)C(F)(F)F)CC1. The fourth-order valence-corrected chi connectivity index (χ4v) is 1.50. The molecule has 0 aliphatic carbocycles. The predicted octanol–water partition coefficient (Wildman–Crippen LogP) is 1.18. The van der Waals surface area contributed by atoms with Gasteiger partial charge < -0.3 is 10.0 Å². The van der Waals surface area contributed by atoms with Crippen LogP contribution in [0.1, 0.15) is 12.8 Å². The third kappa shape index (κ3) is 3.25. The summed E-state index contributed by atoms with van der Waals surface area (Å²) in [6.45, 7) is -0.172. The average Bonchev–Trinajstić information content (AvgIpc) is 2.15. The van der Waals surface area contributed by atoms with Gasteiger partial charge in [0.15, 0.2) is 0 Å². The lowest BCUT2D eigenvalue weighted by atomic mass is 10.0. The Morgan fingerprint density at radius 2 is 1.75 bits per heavy atom. The van der Waals surface area contributed by atoms with Gasteiger partial charge in [-0.25, -0.2) is 4.79 Å². The first-order valence-electron chi connectivity index (χ1n) is 4.59. The van der Waals surface area contributed by atoms with Crippen molar-refractivity contribution in [1.82, 2.24) is 4.90 Å². The maximum atomic E-state index is 12.0. The van der Waals surface area contributed by atoms with E-state index in [0.717, 1.165) is 6.08 Å². The van der Waals surface area contributed by atoms with Crippen LogP contribution in [0.3, 0.4) is 0 Å². The molecule has 4 nitrogen and oxygen atoms in total. The van der Waals surface area contributed by atoms with Crippen molar-refractivity contribution in [1.29, 1.82) is 0 Å². The van der Waals surface area contributed by atoms with Gasteiger partial charge in [0, 0.05) is 19.2 Å². The molecule has 0 aromatic carbocycles. The summed E-state index contributed by atoms with van der Waals surface area (Å²) in [5, 5.41) is 8.43. The number of nitrogens with zero attached hydrogens (tertiary/aromatic N) is 1. The Kier molecular flexibility index (Phi) is 3.56. The fourth-order valence-electron chi connectivity index (χ4n) is 1.50. The summed E-state index contributed by atoms with van der Waals surface area (Å²) in [4.78, 5) is 21.8. The molecule has 0 spiro atoms. The number of rotatable bonds is 1. The standard InChI is InChI=1S/C9H10F3NO3/c10-9(11,12)8(16)13-3-1-6(2-4-13)5-7(14)15/h5H,1-4H2,(H,14,15). The molecule has 0 aromatic rings. The number of hydrogen-bond acceptors (Lipinski definition) is 2. The molecule has 1 saturated heterocycles. The van der Waals surface area contributed by atoms with Gasteiger partial charge in [-0.05, 0) is 12.8 Å². The van der Waals surface area contributed by atoms with Gasteiger partial charge in [0.1, 0.15) is 0 Å². The van der Waals surface area contributed by atoms with E-state index in [2.05, 4.69) is 0 Å². The molecule has 0 saturated carbocycles. The van der Waals surface area contributed by atoms with Gasteiger partial charge >= 0.3 is 18.1 Å². The van der Waals surface area contributed by atoms with Crippen LogP contribution in [0.4, 0.5) is 13.2 Å². The quantitative estimate of drug-likeness (QED) is 0.697. The minimum absolute atomic E-state index is 0.0859. The van der Waals surface area contributed by atoms with Crippen LogP contribution < -0.4 is 0 Å². The monoisotopic (exact) mass is 237 g/mol. The maximum absolute atomic E-state index is 12.0. The number of halogens is 3. The van der Waals surface area contributed by atoms with Crippen molar-refractivity contribution in [2.24, 2.45) is 0 Å². The Morgan fingerprint density at radius 1 is 1.25 bits per heavy atom. The van der Waals surface area contributed by atoms with Crippen molar-refractivity contribution < 1.29 is 27.9 Å². The first-order valence-corrected chi connectivity index (χ1v) is 4.59. The Bertz CT molecular complexity index is 325. The number of amides is 1. The summed E-state index contributed by atoms with van der Waals surface area (Å²) in [5.41, 5.74) is 0.554. The Morgan fingerprint density at radius 3 is 2.12 bits per heavy atom. The smallest absolute Gasteiger partial charge is 0.471 e. The van der Waals surface area contributed by atoms with Crippen LogP contribution in [-0.4, -0.2) is 41.1 Å². The maximum Gasteiger partial charge on any atom is 0.471 e. The van der Waals surface area contributed by atoms with E-state index in [0.29, 0.717) is 10.5 Å². The number of carbonyl (C=O) groups excluding carboxylic acids is 1. The highest BCUT2D eigenvalue weighted by atomic mass is 19.4. The second kappa shape index (κ2) is 4.54. The van der Waals surface area contributed by atoms with E-state index in [9.17, 15) is 22.8 Å². The number of carbonyl (C=O) groups is 2. The van der Waals surface area contributed by atoms with E-state index in [1.165, 1.54) is 0 Å². The van der Waals surface area contributed by atoms with Crippen LogP contribution in [-0.2, 0) is 9.59 Å². The molecule has 1 fully saturated rings. The molecule has 90 valence electrons. The summed E-state index contributed by atoms with van der Waals surface area (Å²) in [6.07, 6.45) is -3.52. The highest BCUT2D eigenvalue weighted by Gasteiger charge is 2.42. The zero-order valence-electron chi connectivity index (χ0n) is 8.25. The summed E-state index contributed by atoms with van der Waals surface area (Å²) in [7, 11) is 0. The zero-order chi connectivity index (χ0) is 12.3. The third-order valence-corrected chi connectivity index (χ3v) is 2.26. The number of hydrogen-bond donors (Lipinski definition) is 1. The first-order chi connectivity index (χ1) is 7.30. The van der Waals surface area contributed by atoms with Crippen molar-refractivity contribution in [2.45, 2.75) is 19.0 Å². The molecule has 0 radical (unpaired) electrons. The van der Waals surface area contributed by atoms with Gasteiger partial charge in [-0.3, -0.25) is 4.79 Å². The highest BCUT2D eigenvalue weighted by Crippen LogP contribution is 2.23. The van der Waals surface area contributed by atoms with Crippen molar-refractivity contribution in [3.05, 3.63) is 11.6 Å². The van der Waals surface area contributed by atoms with Gasteiger partial charge in [0.2, 0.25) is 0 Å². The number of likely N-dealkylation sites (tertiary alicyclic amines) is 1. The van der Waals surface area contributed by atoms with E-state index >= 15 is 0 Å². The second-order valence-corrected chi connectivity index (χ2v) is 3.43. The normalized spacial score (nSPS) is 17.2. The lowest BCUT2D eigenvalue weighted by Gasteiger charge is -2.28. The zero-order valence-corrected chi connectivity index (χ0v) is 8.25. The summed E-state index contributed by atoms with van der Waals surface area (Å²) >= 11 is 0. The molecule has 16 heavy (non-hydrogen) atoms. The molecule has 1 aliphatic heterocycles. The molecule has 0 atom stereocenters. The average molecular weight is 237 g/mol. The minimum Gasteiger partial charge on any atom is -0.478 e. The number of carboxylic acids is 1. The van der Waals surface area contributed by atoms with Crippen LogP contribution in [0.5, 0.6) is 0 Å². The highest BCUT2D eigenvalue weighted by molar-refractivity contribution is 5.82. The summed E-state index contributed by atoms with van der Waals surface area (Å²) in [5.74, 6) is -2.98. The lowest BCUT2D eigenvalue weighted by molar-refractivity contribution is -0.185. The molecule has 1 aliphatic rings. The Hall–Kier alpha value is -1.53. The van der Waals surface area contributed by atoms with Crippen LogP contribution in [0.15, 0.2) is 11.6 Å². The van der Waals surface area contributed by atoms with E-state index in [1.54, 1.807) is 0 Å². The second-order valence-electron chi connectivity index (χ2n) is 3.43. The van der Waals surface area contributed by atoms with Gasteiger partial charge in [0.05, 0.1) is 0 Å². The largest absolute Gasteiger partial charge is 0.478 e. The van der Waals surface area contributed by atoms with E-state index in [1.807, 2.05) is 0 Å². The summed E-state index contributed by atoms with van der Waals surface area (Å²) in [6, 6.07) is 0. The van der Waals surface area contributed by atoms with Crippen molar-refractivity contribution in [3.8, 4) is 0 Å². The van der Waals surface area contributed by atoms with E-state index in [4.69, 9.17) is 5.11 Å². The van der Waals surface area contributed by atoms with Crippen LogP contribution in [0, 0.1) is 0 Å². The van der Waals surface area contributed by atoms with Gasteiger partial charge in [-0.2, -0.15) is 13.2 Å². The predicted molar refractivity (Wildman–Crippen MR) is 47.6 cm³/mol. The number of aliphatic carboxylic acids is 1. The van der Waals surface area contributed by atoms with Crippen molar-refractivity contribution >= 4 is 11.9 Å². The van der Waals surface area contributed by atoms with E-state index < -0.39 is 18.1 Å². The third-order valence-electron chi connectivity index (χ3n) is 2.26. The molecule has 1 amide bonds. The number of piperidine rings is 1. The van der Waals surface area contributed by atoms with Gasteiger partial charge in [-0.15, -0.1) is 0 Å². The minimum atomic E-state index is -4.85. The van der Waals surface area contributed by atoms with Crippen LogP contribution in [0.25, 0.3) is 0 Å². The summed E-state index contributed by atoms with van der Waals surface area (Å²) < 4.78 is 36.1. The molecule has 0 bridgehead atoms. The van der Waals surface area contributed by atoms with Crippen LogP contribution in [0.2, 0.25) is 0 Å². The van der Waals surface area contributed by atoms with Crippen molar-refractivity contribution in [2.75, 3.05) is 13.1 Å². The molecule has 1 heterocycles. The Balaban J connectivity index is 2.56. The van der Waals surface area contributed by atoms with Gasteiger partial charge in [0.25, 0.3) is 0 Å². The molecular formula is C9H10F3NO3. The fraction of sp³-hybridized carbons (Fsp3) is 0.556. The van der Waals surface area contributed by atoms with Gasteiger partial charge in [-0.1, -0.05) is 5.57 Å². The molecule has 0 unspecified atom stereocenters. The number of alkyl halides is 3. The lowest BCUT2D eigenvalue weighted by Crippen LogP contribution is -2.44. The van der Waals surface area contributed by atoms with Crippen molar-refractivity contribution in [3.63, 3.8) is 0 Å². The molecule has 7 heteroatoms. The van der Waals surface area contributed by atoms with Crippen LogP contribution >= 0.6 is 0 Å². The number of carboxylic acid groups (broad SMARTS) is 1. The molecule has 1 N–H and O–H groups in total. The molecule has 0 aromatic heterocycles.